The predicted octanol–water partition coefficient (Wildman–Crippen LogP) is 1.86. The normalized spacial score (nSPS) is 7.60. The second-order valence-electron chi connectivity index (χ2n) is 1.98. The van der Waals surface area contributed by atoms with Crippen molar-refractivity contribution < 1.29 is 26.2 Å². The van der Waals surface area contributed by atoms with E-state index in [-0.39, 0.29) is 26.2 Å². The molecule has 0 heterocycles. The van der Waals surface area contributed by atoms with Crippen LogP contribution in [0.4, 0.5) is 0 Å². The van der Waals surface area contributed by atoms with Crippen LogP contribution in [-0.2, 0) is 26.2 Å². The number of nitriles is 1. The van der Waals surface area contributed by atoms with Crippen molar-refractivity contribution in [2.45, 2.75) is 6.92 Å². The van der Waals surface area contributed by atoms with Crippen molar-refractivity contribution in [2.24, 2.45) is 0 Å². The van der Waals surface area contributed by atoms with Crippen LogP contribution >= 0.6 is 0 Å². The zero-order chi connectivity index (χ0) is 6.69. The minimum absolute atomic E-state index is 0. The molecule has 0 N–H and O–H groups in total. The van der Waals surface area contributed by atoms with Gasteiger partial charge < -0.3 is 0 Å². The van der Waals surface area contributed by atoms with Crippen LogP contribution in [0, 0.1) is 18.3 Å². The molecule has 0 bridgehead atoms. The molecule has 0 aromatic heterocycles. The molecule has 0 saturated carbocycles. The van der Waals surface area contributed by atoms with Crippen LogP contribution in [0.15, 0.2) is 24.3 Å². The molecular formula is C8H7NZr. The predicted molar refractivity (Wildman–Crippen MR) is 35.9 cm³/mol. The van der Waals surface area contributed by atoms with E-state index in [1.165, 1.54) is 5.56 Å². The van der Waals surface area contributed by atoms with Crippen LogP contribution in [0.1, 0.15) is 11.1 Å². The van der Waals surface area contributed by atoms with Crippen LogP contribution in [0.3, 0.4) is 0 Å². The van der Waals surface area contributed by atoms with Crippen molar-refractivity contribution in [1.82, 2.24) is 0 Å². The van der Waals surface area contributed by atoms with Gasteiger partial charge in [0.25, 0.3) is 0 Å². The average molecular weight is 208 g/mol. The van der Waals surface area contributed by atoms with Crippen molar-refractivity contribution in [2.75, 3.05) is 0 Å². The van der Waals surface area contributed by atoms with Gasteiger partial charge >= 0.3 is 0 Å². The first-order valence-electron chi connectivity index (χ1n) is 2.79. The average Bonchev–Trinajstić information content (AvgIpc) is 1.90. The third kappa shape index (κ3) is 2.46. The van der Waals surface area contributed by atoms with Crippen LogP contribution in [0.2, 0.25) is 0 Å². The summed E-state index contributed by atoms with van der Waals surface area (Å²) in [7, 11) is 0. The Kier molecular flexibility index (Phi) is 4.24. The van der Waals surface area contributed by atoms with Crippen molar-refractivity contribution >= 4 is 0 Å². The van der Waals surface area contributed by atoms with Gasteiger partial charge in [0.05, 0.1) is 11.6 Å². The Balaban J connectivity index is 0.000000810. The third-order valence-corrected chi connectivity index (χ3v) is 1.18. The summed E-state index contributed by atoms with van der Waals surface area (Å²) in [4.78, 5) is 0. The molecule has 0 radical (unpaired) electrons. The molecule has 0 unspecified atom stereocenters. The monoisotopic (exact) mass is 207 g/mol. The molecule has 0 amide bonds. The molecule has 48 valence electrons. The van der Waals surface area contributed by atoms with E-state index in [9.17, 15) is 0 Å². The zero-order valence-corrected chi connectivity index (χ0v) is 8.21. The maximum absolute atomic E-state index is 8.38. The van der Waals surface area contributed by atoms with E-state index in [4.69, 9.17) is 5.26 Å². The third-order valence-electron chi connectivity index (χ3n) is 1.18. The van der Waals surface area contributed by atoms with E-state index in [2.05, 4.69) is 6.07 Å². The molecule has 1 rings (SSSR count). The van der Waals surface area contributed by atoms with Crippen LogP contribution in [-0.4, -0.2) is 0 Å². The fourth-order valence-corrected chi connectivity index (χ4v) is 0.628. The minimum Gasteiger partial charge on any atom is -0.192 e. The molecule has 0 aliphatic rings. The zero-order valence-electron chi connectivity index (χ0n) is 5.76. The number of benzene rings is 1. The summed E-state index contributed by atoms with van der Waals surface area (Å²) in [5.41, 5.74) is 1.91. The van der Waals surface area contributed by atoms with Gasteiger partial charge in [-0.3, -0.25) is 0 Å². The van der Waals surface area contributed by atoms with Crippen LogP contribution < -0.4 is 0 Å². The molecule has 0 spiro atoms. The molecule has 0 aliphatic heterocycles. The first-order valence-corrected chi connectivity index (χ1v) is 2.79. The Morgan fingerprint density at radius 2 is 1.70 bits per heavy atom. The van der Waals surface area contributed by atoms with E-state index < -0.39 is 0 Å². The Labute approximate surface area is 79.8 Å². The summed E-state index contributed by atoms with van der Waals surface area (Å²) < 4.78 is 0. The van der Waals surface area contributed by atoms with E-state index >= 15 is 0 Å². The summed E-state index contributed by atoms with van der Waals surface area (Å²) >= 11 is 0. The van der Waals surface area contributed by atoms with Crippen molar-refractivity contribution in [1.29, 1.82) is 5.26 Å². The number of nitrogens with zero attached hydrogens (tertiary/aromatic N) is 1. The van der Waals surface area contributed by atoms with E-state index in [1.807, 2.05) is 31.2 Å². The molecule has 1 aromatic carbocycles. The summed E-state index contributed by atoms with van der Waals surface area (Å²) in [6, 6.07) is 9.54. The first kappa shape index (κ1) is 9.59. The van der Waals surface area contributed by atoms with Crippen molar-refractivity contribution in [3.05, 3.63) is 35.4 Å². The molecule has 2 heteroatoms. The van der Waals surface area contributed by atoms with Gasteiger partial charge in [-0.1, -0.05) is 17.7 Å². The Bertz CT molecular complexity index is 232. The molecule has 0 fully saturated rings. The quantitative estimate of drug-likeness (QED) is 0.638. The summed E-state index contributed by atoms with van der Waals surface area (Å²) in [5, 5.41) is 8.38. The van der Waals surface area contributed by atoms with Crippen molar-refractivity contribution in [3.63, 3.8) is 0 Å². The largest absolute Gasteiger partial charge is 0.192 e. The van der Waals surface area contributed by atoms with Gasteiger partial charge in [-0.25, -0.2) is 0 Å². The molecule has 1 aromatic rings. The maximum atomic E-state index is 8.38. The first-order chi connectivity index (χ1) is 4.33. The van der Waals surface area contributed by atoms with Gasteiger partial charge in [0.15, 0.2) is 0 Å². The minimum atomic E-state index is 0. The fourth-order valence-electron chi connectivity index (χ4n) is 0.628. The molecular weight excluding hydrogens is 201 g/mol. The number of hydrogen-bond acceptors (Lipinski definition) is 1. The summed E-state index contributed by atoms with van der Waals surface area (Å²) in [6.45, 7) is 2.00. The Morgan fingerprint density at radius 3 is 2.10 bits per heavy atom. The van der Waals surface area contributed by atoms with E-state index in [0.717, 1.165) is 5.56 Å². The second kappa shape index (κ2) is 4.42. The van der Waals surface area contributed by atoms with Crippen LogP contribution in [0.25, 0.3) is 0 Å². The maximum Gasteiger partial charge on any atom is 0.0991 e. The van der Waals surface area contributed by atoms with E-state index in [0.29, 0.717) is 0 Å². The molecule has 0 saturated heterocycles. The van der Waals surface area contributed by atoms with Gasteiger partial charge in [0, 0.05) is 26.2 Å². The van der Waals surface area contributed by atoms with E-state index in [1.54, 1.807) is 0 Å². The van der Waals surface area contributed by atoms with Crippen molar-refractivity contribution in [3.8, 4) is 6.07 Å². The standard InChI is InChI=1S/C8H7N.Zr/c1-7-2-4-8(6-9)5-3-7;/h2-5H,1H3;. The van der Waals surface area contributed by atoms with Gasteiger partial charge in [-0.2, -0.15) is 5.26 Å². The molecule has 0 aliphatic carbocycles. The van der Waals surface area contributed by atoms with Gasteiger partial charge in [-0.15, -0.1) is 0 Å². The molecule has 1 nitrogen and oxygen atoms in total. The summed E-state index contributed by atoms with van der Waals surface area (Å²) in [5.74, 6) is 0. The molecule has 10 heavy (non-hydrogen) atoms. The Morgan fingerprint density at radius 1 is 1.20 bits per heavy atom. The van der Waals surface area contributed by atoms with Gasteiger partial charge in [0.1, 0.15) is 0 Å². The Hall–Kier alpha value is -0.407. The fraction of sp³-hybridized carbons (Fsp3) is 0.125. The van der Waals surface area contributed by atoms with Gasteiger partial charge in [0.2, 0.25) is 0 Å². The summed E-state index contributed by atoms with van der Waals surface area (Å²) in [6.07, 6.45) is 0. The molecule has 0 atom stereocenters. The SMILES string of the molecule is Cc1ccc(C#N)cc1.[Zr]. The second-order valence-corrected chi connectivity index (χ2v) is 1.98. The number of aryl methyl sites for hydroxylation is 1. The topological polar surface area (TPSA) is 23.8 Å². The number of hydrogen-bond donors (Lipinski definition) is 0. The number of rotatable bonds is 0. The van der Waals surface area contributed by atoms with Gasteiger partial charge in [-0.05, 0) is 19.1 Å². The van der Waals surface area contributed by atoms with Crippen LogP contribution in [0.5, 0.6) is 0 Å². The smallest absolute Gasteiger partial charge is 0.0991 e.